The molecule has 13 heavy (non-hydrogen) atoms. The van der Waals surface area contributed by atoms with Gasteiger partial charge in [0.15, 0.2) is 0 Å². The van der Waals surface area contributed by atoms with Crippen LogP contribution in [0, 0.1) is 0 Å². The van der Waals surface area contributed by atoms with Gasteiger partial charge in [-0.15, -0.1) is 0 Å². The minimum Gasteiger partial charge on any atom is -0.314 e. The van der Waals surface area contributed by atoms with Crippen molar-refractivity contribution in [2.45, 2.75) is 5.92 Å². The Balaban J connectivity index is 2.99. The van der Waals surface area contributed by atoms with Crippen molar-refractivity contribution in [3.8, 4) is 0 Å². The first-order valence-electron chi connectivity index (χ1n) is 3.85. The molecule has 0 radical (unpaired) electrons. The highest BCUT2D eigenvalue weighted by Gasteiger charge is 2.32. The molecule has 0 aliphatic heterocycles. The predicted molar refractivity (Wildman–Crippen MR) is 52.0 cm³/mol. The molecule has 4 heteroatoms. The van der Waals surface area contributed by atoms with Gasteiger partial charge in [-0.3, -0.25) is 0 Å². The van der Waals surface area contributed by atoms with E-state index in [1.165, 1.54) is 13.1 Å². The van der Waals surface area contributed by atoms with E-state index < -0.39 is 5.92 Å². The van der Waals surface area contributed by atoms with Crippen molar-refractivity contribution < 1.29 is 8.78 Å². The normalized spacial score (nSPS) is 11.7. The van der Waals surface area contributed by atoms with Gasteiger partial charge in [0.1, 0.15) is 0 Å². The third kappa shape index (κ3) is 2.48. The van der Waals surface area contributed by atoms with Gasteiger partial charge in [-0.2, -0.15) is 8.78 Å². The SMILES string of the molecule is CNCC(F)(F)c1ccccc1Br. The summed E-state index contributed by atoms with van der Waals surface area (Å²) in [6.07, 6.45) is 0. The molecule has 0 spiro atoms. The summed E-state index contributed by atoms with van der Waals surface area (Å²) in [4.78, 5) is 0. The molecule has 1 aromatic carbocycles. The standard InChI is InChI=1S/C9H10BrF2N/c1-13-6-9(11,12)7-4-2-3-5-8(7)10/h2-5,13H,6H2,1H3. The lowest BCUT2D eigenvalue weighted by Gasteiger charge is -2.17. The maximum Gasteiger partial charge on any atom is 0.286 e. The number of halogens is 3. The average molecular weight is 250 g/mol. The molecule has 0 saturated heterocycles. The predicted octanol–water partition coefficient (Wildman–Crippen LogP) is 2.76. The van der Waals surface area contributed by atoms with Crippen molar-refractivity contribution in [3.05, 3.63) is 34.3 Å². The van der Waals surface area contributed by atoms with Gasteiger partial charge in [0.05, 0.1) is 6.54 Å². The molecule has 0 heterocycles. The number of alkyl halides is 2. The second-order valence-electron chi connectivity index (χ2n) is 2.71. The Labute approximate surface area is 84.3 Å². The number of rotatable bonds is 3. The lowest BCUT2D eigenvalue weighted by molar-refractivity contribution is -0.00198. The van der Waals surface area contributed by atoms with Crippen LogP contribution < -0.4 is 5.32 Å². The molecule has 0 aromatic heterocycles. The van der Waals surface area contributed by atoms with Crippen LogP contribution >= 0.6 is 15.9 Å². The second kappa shape index (κ2) is 4.15. The highest BCUT2D eigenvalue weighted by molar-refractivity contribution is 9.10. The molecule has 0 unspecified atom stereocenters. The van der Waals surface area contributed by atoms with Crippen molar-refractivity contribution >= 4 is 15.9 Å². The Hall–Kier alpha value is -0.480. The molecule has 0 saturated carbocycles. The summed E-state index contributed by atoms with van der Waals surface area (Å²) in [5.74, 6) is -2.82. The quantitative estimate of drug-likeness (QED) is 0.869. The van der Waals surface area contributed by atoms with Crippen molar-refractivity contribution in [2.24, 2.45) is 0 Å². The summed E-state index contributed by atoms with van der Waals surface area (Å²) < 4.78 is 27.1. The van der Waals surface area contributed by atoms with Crippen LogP contribution in [-0.2, 0) is 5.92 Å². The van der Waals surface area contributed by atoms with Gasteiger partial charge in [0.25, 0.3) is 5.92 Å². The molecule has 0 amide bonds. The maximum absolute atomic E-state index is 13.3. The second-order valence-corrected chi connectivity index (χ2v) is 3.57. The number of nitrogens with one attached hydrogen (secondary N) is 1. The fourth-order valence-electron chi connectivity index (χ4n) is 1.08. The first-order chi connectivity index (χ1) is 6.08. The summed E-state index contributed by atoms with van der Waals surface area (Å²) in [7, 11) is 1.50. The monoisotopic (exact) mass is 249 g/mol. The molecular formula is C9H10BrF2N. The van der Waals surface area contributed by atoms with Gasteiger partial charge in [0, 0.05) is 10.0 Å². The van der Waals surface area contributed by atoms with E-state index in [0.29, 0.717) is 4.47 Å². The van der Waals surface area contributed by atoms with Gasteiger partial charge < -0.3 is 5.32 Å². The van der Waals surface area contributed by atoms with E-state index in [1.807, 2.05) is 0 Å². The van der Waals surface area contributed by atoms with E-state index in [9.17, 15) is 8.78 Å². The van der Waals surface area contributed by atoms with Crippen LogP contribution in [0.4, 0.5) is 8.78 Å². The topological polar surface area (TPSA) is 12.0 Å². The van der Waals surface area contributed by atoms with E-state index in [4.69, 9.17) is 0 Å². The van der Waals surface area contributed by atoms with Gasteiger partial charge in [-0.25, -0.2) is 0 Å². The van der Waals surface area contributed by atoms with Gasteiger partial charge in [0.2, 0.25) is 0 Å². The highest BCUT2D eigenvalue weighted by atomic mass is 79.9. The summed E-state index contributed by atoms with van der Waals surface area (Å²) in [5, 5.41) is 2.46. The Bertz CT molecular complexity index is 289. The third-order valence-electron chi connectivity index (χ3n) is 1.67. The Morgan fingerprint density at radius 3 is 2.54 bits per heavy atom. The lowest BCUT2D eigenvalue weighted by Crippen LogP contribution is -2.28. The fraction of sp³-hybridized carbons (Fsp3) is 0.333. The zero-order valence-electron chi connectivity index (χ0n) is 7.15. The zero-order chi connectivity index (χ0) is 9.90. The molecule has 0 fully saturated rings. The van der Waals surface area contributed by atoms with Gasteiger partial charge in [-0.1, -0.05) is 34.1 Å². The summed E-state index contributed by atoms with van der Waals surface area (Å²) in [5.41, 5.74) is 0.0179. The molecule has 1 N–H and O–H groups in total. The zero-order valence-corrected chi connectivity index (χ0v) is 8.74. The van der Waals surface area contributed by atoms with E-state index in [-0.39, 0.29) is 12.1 Å². The Morgan fingerprint density at radius 1 is 1.38 bits per heavy atom. The third-order valence-corrected chi connectivity index (χ3v) is 2.36. The van der Waals surface area contributed by atoms with Crippen molar-refractivity contribution in [1.82, 2.24) is 5.32 Å². The van der Waals surface area contributed by atoms with Crippen LogP contribution in [0.5, 0.6) is 0 Å². The van der Waals surface area contributed by atoms with Crippen LogP contribution in [0.15, 0.2) is 28.7 Å². The fourth-order valence-corrected chi connectivity index (χ4v) is 1.65. The molecule has 0 atom stereocenters. The number of likely N-dealkylation sites (N-methyl/N-ethyl adjacent to an activating group) is 1. The lowest BCUT2D eigenvalue weighted by atomic mass is 10.1. The maximum atomic E-state index is 13.3. The number of benzene rings is 1. The van der Waals surface area contributed by atoms with Crippen LogP contribution in [0.1, 0.15) is 5.56 Å². The minimum atomic E-state index is -2.82. The largest absolute Gasteiger partial charge is 0.314 e. The van der Waals surface area contributed by atoms with Crippen molar-refractivity contribution in [1.29, 1.82) is 0 Å². The summed E-state index contributed by atoms with van der Waals surface area (Å²) in [6.45, 7) is -0.352. The van der Waals surface area contributed by atoms with Crippen molar-refractivity contribution in [3.63, 3.8) is 0 Å². The van der Waals surface area contributed by atoms with Crippen LogP contribution in [-0.4, -0.2) is 13.6 Å². The molecule has 1 rings (SSSR count). The minimum absolute atomic E-state index is 0.0179. The van der Waals surface area contributed by atoms with Crippen molar-refractivity contribution in [2.75, 3.05) is 13.6 Å². The van der Waals surface area contributed by atoms with Gasteiger partial charge in [-0.05, 0) is 13.1 Å². The number of hydrogen-bond donors (Lipinski definition) is 1. The first kappa shape index (κ1) is 10.6. The molecule has 1 aromatic rings. The van der Waals surface area contributed by atoms with Crippen LogP contribution in [0.3, 0.4) is 0 Å². The van der Waals surface area contributed by atoms with E-state index >= 15 is 0 Å². The Kier molecular flexibility index (Phi) is 3.39. The Morgan fingerprint density at radius 2 is 2.00 bits per heavy atom. The molecular weight excluding hydrogens is 240 g/mol. The van der Waals surface area contributed by atoms with Gasteiger partial charge >= 0.3 is 0 Å². The summed E-state index contributed by atoms with van der Waals surface area (Å²) in [6, 6.07) is 6.34. The number of hydrogen-bond acceptors (Lipinski definition) is 1. The molecule has 0 bridgehead atoms. The van der Waals surface area contributed by atoms with E-state index in [2.05, 4.69) is 21.2 Å². The average Bonchev–Trinajstić information content (AvgIpc) is 2.04. The first-order valence-corrected chi connectivity index (χ1v) is 4.64. The molecule has 1 nitrogen and oxygen atoms in total. The van der Waals surface area contributed by atoms with Crippen LogP contribution in [0.2, 0.25) is 0 Å². The molecule has 72 valence electrons. The molecule has 0 aliphatic rings. The van der Waals surface area contributed by atoms with E-state index in [1.54, 1.807) is 18.2 Å². The smallest absolute Gasteiger partial charge is 0.286 e. The highest BCUT2D eigenvalue weighted by Crippen LogP contribution is 2.32. The molecule has 0 aliphatic carbocycles. The van der Waals surface area contributed by atoms with Crippen LogP contribution in [0.25, 0.3) is 0 Å². The summed E-state index contributed by atoms with van der Waals surface area (Å²) >= 11 is 3.09. The van der Waals surface area contributed by atoms with E-state index in [0.717, 1.165) is 0 Å².